The number of nitriles is 1. The second-order valence-corrected chi connectivity index (χ2v) is 10.1. The van der Waals surface area contributed by atoms with Crippen molar-refractivity contribution in [2.75, 3.05) is 0 Å². The fourth-order valence-corrected chi connectivity index (χ4v) is 2.32. The minimum Gasteiger partial charge on any atom is -0.477 e. The molecule has 0 bridgehead atoms. The average molecular weight is 211 g/mol. The maximum atomic E-state index is 10.4. The molecule has 0 aromatic heterocycles. The first-order chi connectivity index (χ1) is 6.37. The molecule has 0 aliphatic rings. The van der Waals surface area contributed by atoms with Gasteiger partial charge in [-0.25, -0.2) is 4.79 Å². The molecule has 0 aromatic carbocycles. The molecule has 14 heavy (non-hydrogen) atoms. The third-order valence-electron chi connectivity index (χ3n) is 1.83. The molecule has 78 valence electrons. The summed E-state index contributed by atoms with van der Waals surface area (Å²) in [7, 11) is -1.03. The van der Waals surface area contributed by atoms with E-state index in [4.69, 9.17) is 10.4 Å². The highest BCUT2D eigenvalue weighted by Crippen LogP contribution is 2.13. The molecule has 0 aromatic rings. The Labute approximate surface area is 86.1 Å². The summed E-state index contributed by atoms with van der Waals surface area (Å²) in [5.41, 5.74) is -0.138. The zero-order chi connectivity index (χ0) is 11.2. The molecular weight excluding hydrogens is 194 g/mol. The van der Waals surface area contributed by atoms with Crippen molar-refractivity contribution in [1.82, 2.24) is 0 Å². The van der Waals surface area contributed by atoms with Crippen LogP contribution < -0.4 is 0 Å². The highest BCUT2D eigenvalue weighted by atomic mass is 28.3. The van der Waals surface area contributed by atoms with Gasteiger partial charge in [-0.15, -0.1) is 0 Å². The van der Waals surface area contributed by atoms with Gasteiger partial charge in [-0.1, -0.05) is 38.2 Å². The van der Waals surface area contributed by atoms with Crippen molar-refractivity contribution >= 4 is 14.0 Å². The van der Waals surface area contributed by atoms with Crippen LogP contribution in [-0.2, 0) is 4.79 Å². The summed E-state index contributed by atoms with van der Waals surface area (Å²) < 4.78 is 0. The van der Waals surface area contributed by atoms with E-state index >= 15 is 0 Å². The number of allylic oxidation sites excluding steroid dienone is 1. The number of aliphatic carboxylic acids is 1. The van der Waals surface area contributed by atoms with Crippen LogP contribution in [0.1, 0.15) is 12.8 Å². The zero-order valence-electron chi connectivity index (χ0n) is 9.00. The zero-order valence-corrected chi connectivity index (χ0v) is 10.0. The lowest BCUT2D eigenvalue weighted by Gasteiger charge is -2.13. The van der Waals surface area contributed by atoms with E-state index in [1.54, 1.807) is 6.07 Å². The quantitative estimate of drug-likeness (QED) is 0.329. The number of carboxylic acids is 1. The van der Waals surface area contributed by atoms with Crippen LogP contribution in [0.2, 0.25) is 25.7 Å². The van der Waals surface area contributed by atoms with E-state index in [9.17, 15) is 4.79 Å². The van der Waals surface area contributed by atoms with Gasteiger partial charge < -0.3 is 5.11 Å². The van der Waals surface area contributed by atoms with Crippen LogP contribution in [0, 0.1) is 11.3 Å². The van der Waals surface area contributed by atoms with Crippen molar-refractivity contribution in [1.29, 1.82) is 5.26 Å². The lowest BCUT2D eigenvalue weighted by Crippen LogP contribution is -2.18. The Bertz CT molecular complexity index is 271. The van der Waals surface area contributed by atoms with Crippen LogP contribution in [0.25, 0.3) is 0 Å². The molecule has 3 nitrogen and oxygen atoms in total. The van der Waals surface area contributed by atoms with Crippen molar-refractivity contribution in [3.05, 3.63) is 11.6 Å². The number of hydrogen-bond acceptors (Lipinski definition) is 2. The van der Waals surface area contributed by atoms with Crippen LogP contribution in [-0.4, -0.2) is 19.1 Å². The molecule has 0 radical (unpaired) electrons. The Kier molecular flexibility index (Phi) is 5.17. The molecule has 0 saturated heterocycles. The molecule has 0 saturated carbocycles. The molecular formula is C10H17NO2Si. The molecule has 0 fully saturated rings. The van der Waals surface area contributed by atoms with Gasteiger partial charge in [-0.3, -0.25) is 0 Å². The molecule has 0 rings (SSSR count). The summed E-state index contributed by atoms with van der Waals surface area (Å²) in [5.74, 6) is -1.12. The molecule has 4 heteroatoms. The summed E-state index contributed by atoms with van der Waals surface area (Å²) in [5, 5.41) is 17.0. The SMILES string of the molecule is C[Si](C)(C)CCCC=C(C#N)C(=O)O. The van der Waals surface area contributed by atoms with Gasteiger partial charge in [0.2, 0.25) is 0 Å². The lowest BCUT2D eigenvalue weighted by molar-refractivity contribution is -0.132. The molecule has 0 spiro atoms. The Morgan fingerprint density at radius 1 is 1.50 bits per heavy atom. The number of nitrogens with zero attached hydrogens (tertiary/aromatic N) is 1. The van der Waals surface area contributed by atoms with E-state index < -0.39 is 14.0 Å². The van der Waals surface area contributed by atoms with Crippen molar-refractivity contribution in [3.63, 3.8) is 0 Å². The van der Waals surface area contributed by atoms with Crippen LogP contribution >= 0.6 is 0 Å². The van der Waals surface area contributed by atoms with E-state index in [0.717, 1.165) is 6.42 Å². The minimum atomic E-state index is -1.12. The Morgan fingerprint density at radius 3 is 2.43 bits per heavy atom. The topological polar surface area (TPSA) is 61.1 Å². The van der Waals surface area contributed by atoms with E-state index in [0.29, 0.717) is 6.42 Å². The molecule has 0 aliphatic heterocycles. The Balaban J connectivity index is 3.94. The third-order valence-corrected chi connectivity index (χ3v) is 3.68. The lowest BCUT2D eigenvalue weighted by atomic mass is 10.2. The van der Waals surface area contributed by atoms with Gasteiger partial charge in [0.25, 0.3) is 0 Å². The van der Waals surface area contributed by atoms with Crippen LogP contribution in [0.3, 0.4) is 0 Å². The Hall–Kier alpha value is -1.08. The predicted molar refractivity (Wildman–Crippen MR) is 58.7 cm³/mol. The fourth-order valence-electron chi connectivity index (χ4n) is 1.06. The van der Waals surface area contributed by atoms with Gasteiger partial charge in [-0.05, 0) is 6.42 Å². The second kappa shape index (κ2) is 5.61. The first kappa shape index (κ1) is 12.9. The van der Waals surface area contributed by atoms with Crippen molar-refractivity contribution in [3.8, 4) is 6.07 Å². The molecule has 0 aliphatic carbocycles. The normalized spacial score (nSPS) is 12.3. The smallest absolute Gasteiger partial charge is 0.346 e. The Morgan fingerprint density at radius 2 is 2.07 bits per heavy atom. The summed E-state index contributed by atoms with van der Waals surface area (Å²) in [6, 6.07) is 2.84. The number of carbonyl (C=O) groups is 1. The van der Waals surface area contributed by atoms with Gasteiger partial charge >= 0.3 is 5.97 Å². The summed E-state index contributed by atoms with van der Waals surface area (Å²) >= 11 is 0. The number of unbranched alkanes of at least 4 members (excludes halogenated alkanes) is 1. The molecule has 0 amide bonds. The number of rotatable bonds is 5. The largest absolute Gasteiger partial charge is 0.477 e. The highest BCUT2D eigenvalue weighted by molar-refractivity contribution is 6.76. The average Bonchev–Trinajstić information content (AvgIpc) is 2.01. The summed E-state index contributed by atoms with van der Waals surface area (Å²) in [6.07, 6.45) is 3.19. The van der Waals surface area contributed by atoms with Crippen molar-refractivity contribution in [2.45, 2.75) is 38.5 Å². The van der Waals surface area contributed by atoms with Gasteiger partial charge in [-0.2, -0.15) is 5.26 Å². The number of carboxylic acid groups (broad SMARTS) is 1. The summed E-state index contributed by atoms with van der Waals surface area (Å²) in [4.78, 5) is 10.4. The molecule has 0 unspecified atom stereocenters. The standard InChI is InChI=1S/C10H17NO2Si/c1-14(2,3)7-5-4-6-9(8-11)10(12)13/h6H,4-5,7H2,1-3H3,(H,12,13). The second-order valence-electron chi connectivity index (χ2n) is 4.49. The van der Waals surface area contributed by atoms with Gasteiger partial charge in [0.05, 0.1) is 0 Å². The van der Waals surface area contributed by atoms with Crippen molar-refractivity contribution in [2.24, 2.45) is 0 Å². The molecule has 0 heterocycles. The third kappa shape index (κ3) is 6.43. The van der Waals surface area contributed by atoms with E-state index in [1.165, 1.54) is 12.1 Å². The molecule has 0 atom stereocenters. The van der Waals surface area contributed by atoms with Crippen LogP contribution in [0.5, 0.6) is 0 Å². The first-order valence-corrected chi connectivity index (χ1v) is 8.41. The monoisotopic (exact) mass is 211 g/mol. The molecule has 1 N–H and O–H groups in total. The van der Waals surface area contributed by atoms with Gasteiger partial charge in [0.1, 0.15) is 11.6 Å². The van der Waals surface area contributed by atoms with E-state index in [-0.39, 0.29) is 5.57 Å². The van der Waals surface area contributed by atoms with Gasteiger partial charge in [0, 0.05) is 8.07 Å². The van der Waals surface area contributed by atoms with Crippen molar-refractivity contribution < 1.29 is 9.90 Å². The highest BCUT2D eigenvalue weighted by Gasteiger charge is 2.11. The van der Waals surface area contributed by atoms with Crippen LogP contribution in [0.4, 0.5) is 0 Å². The van der Waals surface area contributed by atoms with E-state index in [1.807, 2.05) is 0 Å². The maximum absolute atomic E-state index is 10.4. The summed E-state index contributed by atoms with van der Waals surface area (Å²) in [6.45, 7) is 6.83. The number of hydrogen-bond donors (Lipinski definition) is 1. The van der Waals surface area contributed by atoms with Crippen LogP contribution in [0.15, 0.2) is 11.6 Å². The maximum Gasteiger partial charge on any atom is 0.346 e. The first-order valence-electron chi connectivity index (χ1n) is 4.70. The minimum absolute atomic E-state index is 0.138. The predicted octanol–water partition coefficient (Wildman–Crippen LogP) is 2.64. The van der Waals surface area contributed by atoms with Gasteiger partial charge in [0.15, 0.2) is 0 Å². The fraction of sp³-hybridized carbons (Fsp3) is 0.600. The van der Waals surface area contributed by atoms with E-state index in [2.05, 4.69) is 19.6 Å².